The zero-order valence-corrected chi connectivity index (χ0v) is 10.5. The Labute approximate surface area is 96.8 Å². The molecule has 1 aliphatic heterocycles. The Morgan fingerprint density at radius 2 is 2.20 bits per heavy atom. The van der Waals surface area contributed by atoms with Crippen LogP contribution in [0.4, 0.5) is 0 Å². The smallest absolute Gasteiger partial charge is 0.137 e. The van der Waals surface area contributed by atoms with E-state index in [1.165, 1.54) is 11.8 Å². The van der Waals surface area contributed by atoms with Crippen LogP contribution in [0.3, 0.4) is 0 Å². The zero-order valence-electron chi connectivity index (χ0n) is 8.90. The van der Waals surface area contributed by atoms with Gasteiger partial charge in [0.25, 0.3) is 0 Å². The third kappa shape index (κ3) is 2.99. The van der Waals surface area contributed by atoms with Crippen LogP contribution in [0, 0.1) is 0 Å². The molecule has 0 aliphatic carbocycles. The fourth-order valence-electron chi connectivity index (χ4n) is 1.22. The van der Waals surface area contributed by atoms with Crippen LogP contribution in [-0.4, -0.2) is 26.7 Å². The van der Waals surface area contributed by atoms with Gasteiger partial charge in [-0.25, -0.2) is 8.51 Å². The van der Waals surface area contributed by atoms with Gasteiger partial charge in [-0.05, 0) is 5.41 Å². The monoisotopic (exact) mass is 248 g/mol. The van der Waals surface area contributed by atoms with Crippen LogP contribution in [-0.2, 0) is 11.0 Å². The van der Waals surface area contributed by atoms with Crippen molar-refractivity contribution >= 4 is 22.7 Å². The van der Waals surface area contributed by atoms with Crippen LogP contribution in [0.25, 0.3) is 0 Å². The maximum Gasteiger partial charge on any atom is 0.137 e. The van der Waals surface area contributed by atoms with Gasteiger partial charge >= 0.3 is 0 Å². The SMILES string of the molecule is CCN(CC)S(=O)C1=C(O)CC(N)=CS1. The lowest BCUT2D eigenvalue weighted by molar-refractivity contribution is 0.396. The number of hydrogen-bond donors (Lipinski definition) is 2. The topological polar surface area (TPSA) is 66.6 Å². The van der Waals surface area contributed by atoms with Crippen molar-refractivity contribution in [3.05, 3.63) is 21.1 Å². The molecule has 0 fully saturated rings. The van der Waals surface area contributed by atoms with Crippen molar-refractivity contribution < 1.29 is 9.32 Å². The third-order valence-electron chi connectivity index (χ3n) is 2.02. The predicted molar refractivity (Wildman–Crippen MR) is 65.2 cm³/mol. The van der Waals surface area contributed by atoms with E-state index in [1.54, 1.807) is 9.71 Å². The van der Waals surface area contributed by atoms with Gasteiger partial charge in [0.1, 0.15) is 21.0 Å². The summed E-state index contributed by atoms with van der Waals surface area (Å²) in [7, 11) is -1.26. The van der Waals surface area contributed by atoms with Crippen molar-refractivity contribution in [1.29, 1.82) is 0 Å². The second-order valence-electron chi connectivity index (χ2n) is 3.08. The van der Waals surface area contributed by atoms with Crippen molar-refractivity contribution in [2.24, 2.45) is 5.73 Å². The number of rotatable bonds is 4. The summed E-state index contributed by atoms with van der Waals surface area (Å²) in [5, 5.41) is 11.4. The van der Waals surface area contributed by atoms with E-state index >= 15 is 0 Å². The average molecular weight is 248 g/mol. The first-order chi connectivity index (χ1) is 7.10. The molecule has 1 unspecified atom stereocenters. The van der Waals surface area contributed by atoms with E-state index in [4.69, 9.17) is 5.73 Å². The molecule has 0 aromatic carbocycles. The van der Waals surface area contributed by atoms with Crippen LogP contribution in [0.15, 0.2) is 21.1 Å². The minimum Gasteiger partial charge on any atom is -0.510 e. The minimum absolute atomic E-state index is 0.130. The average Bonchev–Trinajstić information content (AvgIpc) is 2.19. The molecular weight excluding hydrogens is 232 g/mol. The van der Waals surface area contributed by atoms with Crippen molar-refractivity contribution in [2.75, 3.05) is 13.1 Å². The summed E-state index contributed by atoms with van der Waals surface area (Å²) in [6.45, 7) is 5.27. The summed E-state index contributed by atoms with van der Waals surface area (Å²) < 4.78 is 14.3. The van der Waals surface area contributed by atoms with Gasteiger partial charge in [-0.1, -0.05) is 25.6 Å². The predicted octanol–water partition coefficient (Wildman–Crippen LogP) is 1.66. The van der Waals surface area contributed by atoms with Crippen LogP contribution < -0.4 is 5.73 Å². The van der Waals surface area contributed by atoms with Crippen LogP contribution in [0.5, 0.6) is 0 Å². The third-order valence-corrected chi connectivity index (χ3v) is 5.15. The zero-order chi connectivity index (χ0) is 11.4. The lowest BCUT2D eigenvalue weighted by Crippen LogP contribution is -2.26. The Morgan fingerprint density at radius 1 is 1.60 bits per heavy atom. The quantitative estimate of drug-likeness (QED) is 0.794. The number of aliphatic hydroxyl groups is 1. The van der Waals surface area contributed by atoms with Crippen LogP contribution in [0.2, 0.25) is 0 Å². The Bertz CT molecular complexity index is 322. The maximum atomic E-state index is 12.0. The summed E-state index contributed by atoms with van der Waals surface area (Å²) in [5.41, 5.74) is 6.17. The Balaban J connectivity index is 2.80. The van der Waals surface area contributed by atoms with Gasteiger partial charge in [-0.3, -0.25) is 0 Å². The molecule has 0 radical (unpaired) electrons. The van der Waals surface area contributed by atoms with Gasteiger partial charge < -0.3 is 10.8 Å². The summed E-state index contributed by atoms with van der Waals surface area (Å²) in [4.78, 5) is 0. The molecule has 0 amide bonds. The molecule has 0 bridgehead atoms. The second-order valence-corrected chi connectivity index (χ2v) is 5.65. The lowest BCUT2D eigenvalue weighted by atomic mass is 10.3. The number of nitrogens with two attached hydrogens (primary N) is 1. The largest absolute Gasteiger partial charge is 0.510 e. The standard InChI is InChI=1S/C9H16N2O2S2/c1-3-11(4-2)15(13)9-8(12)5-7(10)6-14-9/h6,12H,3-5,10H2,1-2H3. The molecule has 0 spiro atoms. The fourth-order valence-corrected chi connectivity index (χ4v) is 3.54. The van der Waals surface area contributed by atoms with E-state index in [0.29, 0.717) is 29.4 Å². The Morgan fingerprint density at radius 3 is 2.67 bits per heavy atom. The molecule has 6 heteroatoms. The first-order valence-electron chi connectivity index (χ1n) is 4.80. The molecular formula is C9H16N2O2S2. The van der Waals surface area contributed by atoms with Crippen molar-refractivity contribution in [3.8, 4) is 0 Å². The van der Waals surface area contributed by atoms with Crippen molar-refractivity contribution in [3.63, 3.8) is 0 Å². The number of thioether (sulfide) groups is 1. The first kappa shape index (κ1) is 12.6. The molecule has 1 heterocycles. The molecule has 86 valence electrons. The molecule has 0 saturated carbocycles. The van der Waals surface area contributed by atoms with Gasteiger partial charge in [-0.2, -0.15) is 0 Å². The van der Waals surface area contributed by atoms with Gasteiger partial charge in [0.05, 0.1) is 0 Å². The highest BCUT2D eigenvalue weighted by atomic mass is 32.2. The van der Waals surface area contributed by atoms with Gasteiger partial charge in [0.15, 0.2) is 0 Å². The highest BCUT2D eigenvalue weighted by molar-refractivity contribution is 8.17. The molecule has 0 aromatic rings. The van der Waals surface area contributed by atoms with E-state index in [0.717, 1.165) is 0 Å². The van der Waals surface area contributed by atoms with E-state index in [9.17, 15) is 9.32 Å². The van der Waals surface area contributed by atoms with Crippen molar-refractivity contribution in [1.82, 2.24) is 4.31 Å². The minimum atomic E-state index is -1.26. The molecule has 1 rings (SSSR count). The van der Waals surface area contributed by atoms with E-state index in [1.807, 2.05) is 13.8 Å². The number of aliphatic hydroxyl groups excluding tert-OH is 1. The highest BCUT2D eigenvalue weighted by Crippen LogP contribution is 2.32. The normalized spacial score (nSPS) is 19.3. The van der Waals surface area contributed by atoms with Gasteiger partial charge in [-0.15, -0.1) is 0 Å². The maximum absolute atomic E-state index is 12.0. The molecule has 15 heavy (non-hydrogen) atoms. The summed E-state index contributed by atoms with van der Waals surface area (Å²) >= 11 is 1.25. The fraction of sp³-hybridized carbons (Fsp3) is 0.556. The molecule has 3 N–H and O–H groups in total. The molecule has 4 nitrogen and oxygen atoms in total. The van der Waals surface area contributed by atoms with E-state index < -0.39 is 11.0 Å². The summed E-state index contributed by atoms with van der Waals surface area (Å²) in [5.74, 6) is 0.130. The van der Waals surface area contributed by atoms with Gasteiger partial charge in [0.2, 0.25) is 0 Å². The highest BCUT2D eigenvalue weighted by Gasteiger charge is 2.22. The first-order valence-corrected chi connectivity index (χ1v) is 6.78. The molecule has 0 aromatic heterocycles. The molecule has 1 atom stereocenters. The van der Waals surface area contributed by atoms with E-state index in [2.05, 4.69) is 0 Å². The van der Waals surface area contributed by atoms with E-state index in [-0.39, 0.29) is 5.76 Å². The molecule has 1 aliphatic rings. The van der Waals surface area contributed by atoms with Gasteiger partial charge in [0, 0.05) is 25.2 Å². The summed E-state index contributed by atoms with van der Waals surface area (Å²) in [6.07, 6.45) is 0.301. The number of nitrogens with zero attached hydrogens (tertiary/aromatic N) is 1. The summed E-state index contributed by atoms with van der Waals surface area (Å²) in [6, 6.07) is 0. The number of hydrogen-bond acceptors (Lipinski definition) is 4. The molecule has 0 saturated heterocycles. The van der Waals surface area contributed by atoms with Crippen LogP contribution in [0.1, 0.15) is 20.3 Å². The Hall–Kier alpha value is -0.460. The van der Waals surface area contributed by atoms with Crippen LogP contribution >= 0.6 is 11.8 Å². The lowest BCUT2D eigenvalue weighted by Gasteiger charge is -2.20. The Kier molecular flexibility index (Phi) is 4.69. The second kappa shape index (κ2) is 5.58. The van der Waals surface area contributed by atoms with Crippen molar-refractivity contribution in [2.45, 2.75) is 20.3 Å².